The van der Waals surface area contributed by atoms with Gasteiger partial charge in [-0.05, 0) is 50.8 Å². The first-order chi connectivity index (χ1) is 17.7. The Hall–Kier alpha value is -3.42. The first-order valence-electron chi connectivity index (χ1n) is 12.3. The van der Waals surface area contributed by atoms with E-state index in [2.05, 4.69) is 10.6 Å². The van der Waals surface area contributed by atoms with Crippen LogP contribution in [0.3, 0.4) is 0 Å². The summed E-state index contributed by atoms with van der Waals surface area (Å²) in [5.41, 5.74) is 2.78. The summed E-state index contributed by atoms with van der Waals surface area (Å²) in [6.07, 6.45) is 2.36. The topological polar surface area (TPSA) is 90.8 Å². The molecule has 0 fully saturated rings. The Morgan fingerprint density at radius 2 is 1.54 bits per heavy atom. The van der Waals surface area contributed by atoms with Gasteiger partial charge in [-0.2, -0.15) is 11.8 Å². The molecule has 0 aromatic heterocycles. The Morgan fingerprint density at radius 1 is 0.946 bits per heavy atom. The lowest BCUT2D eigenvalue weighted by Crippen LogP contribution is -2.50. The molecule has 194 valence electrons. The molecule has 0 radical (unpaired) electrons. The molecule has 0 aliphatic heterocycles. The number of aliphatic carboxylic acids is 1. The number of carbonyl (C=O) groups excluding carboxylic acids is 1. The number of hydrogen-bond acceptors (Lipinski definition) is 5. The monoisotopic (exact) mass is 517 g/mol. The van der Waals surface area contributed by atoms with E-state index in [4.69, 9.17) is 4.99 Å². The van der Waals surface area contributed by atoms with Gasteiger partial charge in [0.2, 0.25) is 5.91 Å². The third-order valence-electron chi connectivity index (χ3n) is 6.09. The number of nitrogens with zero attached hydrogens (tertiary/aromatic N) is 1. The summed E-state index contributed by atoms with van der Waals surface area (Å²) in [6.45, 7) is 5.72. The fourth-order valence-electron chi connectivity index (χ4n) is 4.03. The van der Waals surface area contributed by atoms with Gasteiger partial charge in [0.05, 0.1) is 16.9 Å². The highest BCUT2D eigenvalue weighted by atomic mass is 32.2. The van der Waals surface area contributed by atoms with Crippen molar-refractivity contribution in [2.75, 3.05) is 17.3 Å². The van der Waals surface area contributed by atoms with E-state index in [-0.39, 0.29) is 11.9 Å². The number of para-hydroxylation sites is 1. The lowest BCUT2D eigenvalue weighted by atomic mass is 9.97. The van der Waals surface area contributed by atoms with Crippen LogP contribution in [0.25, 0.3) is 0 Å². The first-order valence-corrected chi connectivity index (χ1v) is 13.7. The lowest BCUT2D eigenvalue weighted by Gasteiger charge is -2.30. The number of amides is 1. The Labute approximate surface area is 223 Å². The molecule has 3 rings (SSSR count). The fraction of sp³-hybridized carbons (Fsp3) is 0.300. The van der Waals surface area contributed by atoms with Crippen molar-refractivity contribution >= 4 is 35.0 Å². The molecule has 3 aromatic rings. The van der Waals surface area contributed by atoms with E-state index in [0.29, 0.717) is 29.1 Å². The normalized spacial score (nSPS) is 13.6. The number of anilines is 1. The van der Waals surface area contributed by atoms with E-state index in [1.54, 1.807) is 11.8 Å². The number of rotatable bonds is 12. The van der Waals surface area contributed by atoms with Crippen LogP contribution >= 0.6 is 11.8 Å². The zero-order chi connectivity index (χ0) is 26.8. The van der Waals surface area contributed by atoms with Gasteiger partial charge in [-0.15, -0.1) is 0 Å². The van der Waals surface area contributed by atoms with Crippen molar-refractivity contribution in [1.82, 2.24) is 5.32 Å². The van der Waals surface area contributed by atoms with Crippen LogP contribution < -0.4 is 10.6 Å². The van der Waals surface area contributed by atoms with Crippen molar-refractivity contribution in [1.29, 1.82) is 0 Å². The molecule has 7 heteroatoms. The van der Waals surface area contributed by atoms with E-state index in [9.17, 15) is 14.7 Å². The van der Waals surface area contributed by atoms with Gasteiger partial charge in [0.1, 0.15) is 6.04 Å². The van der Waals surface area contributed by atoms with E-state index < -0.39 is 17.6 Å². The van der Waals surface area contributed by atoms with Crippen LogP contribution in [-0.2, 0) is 9.59 Å². The molecule has 6 nitrogen and oxygen atoms in total. The molecule has 2 atom stereocenters. The Kier molecular flexibility index (Phi) is 10.1. The minimum Gasteiger partial charge on any atom is -0.480 e. The van der Waals surface area contributed by atoms with Gasteiger partial charge < -0.3 is 10.4 Å². The van der Waals surface area contributed by atoms with Crippen molar-refractivity contribution in [3.05, 3.63) is 102 Å². The maximum atomic E-state index is 13.5. The van der Waals surface area contributed by atoms with Crippen LogP contribution in [0.1, 0.15) is 49.9 Å². The zero-order valence-corrected chi connectivity index (χ0v) is 22.6. The Bertz CT molecular complexity index is 1210. The van der Waals surface area contributed by atoms with E-state index in [0.717, 1.165) is 11.1 Å². The maximum Gasteiger partial charge on any atom is 0.328 e. The molecule has 0 aliphatic rings. The van der Waals surface area contributed by atoms with Crippen molar-refractivity contribution in [3.63, 3.8) is 0 Å². The van der Waals surface area contributed by atoms with Crippen LogP contribution in [0.15, 0.2) is 89.9 Å². The number of carboxylic acid groups (broad SMARTS) is 1. The van der Waals surface area contributed by atoms with Crippen molar-refractivity contribution in [3.8, 4) is 0 Å². The molecule has 3 aromatic carbocycles. The second-order valence-corrected chi connectivity index (χ2v) is 10.4. The van der Waals surface area contributed by atoms with E-state index >= 15 is 0 Å². The third kappa shape index (κ3) is 7.78. The second kappa shape index (κ2) is 13.2. The number of carboxylic acids is 1. The third-order valence-corrected chi connectivity index (χ3v) is 6.73. The number of carbonyl (C=O) groups is 2. The fourth-order valence-corrected chi connectivity index (χ4v) is 4.49. The molecule has 0 bridgehead atoms. The molecule has 0 aliphatic carbocycles. The van der Waals surface area contributed by atoms with Crippen LogP contribution in [0.5, 0.6) is 0 Å². The van der Waals surface area contributed by atoms with Crippen molar-refractivity contribution in [2.24, 2.45) is 4.99 Å². The van der Waals surface area contributed by atoms with E-state index in [1.807, 2.05) is 112 Å². The van der Waals surface area contributed by atoms with Gasteiger partial charge in [-0.1, -0.05) is 78.9 Å². The first kappa shape index (κ1) is 28.2. The molecule has 1 amide bonds. The van der Waals surface area contributed by atoms with Crippen LogP contribution in [-0.4, -0.2) is 46.3 Å². The van der Waals surface area contributed by atoms with Gasteiger partial charge in [0.25, 0.3) is 0 Å². The summed E-state index contributed by atoms with van der Waals surface area (Å²) < 4.78 is 0. The zero-order valence-electron chi connectivity index (χ0n) is 21.8. The minimum atomic E-state index is -0.968. The maximum absolute atomic E-state index is 13.5. The average molecular weight is 518 g/mol. The molecular formula is C30H35N3O3S. The second-order valence-electron chi connectivity index (χ2n) is 9.38. The van der Waals surface area contributed by atoms with Gasteiger partial charge >= 0.3 is 5.97 Å². The molecule has 3 N–H and O–H groups in total. The number of nitrogens with one attached hydrogen (secondary N) is 2. The number of aliphatic imine (C=N–C) groups is 1. The SMILES string of the molecule is CSCC[C@@H](N=C(c1ccccc1)c1ccccc1NC(=O)C(C)(C)N[C@@H](C)c1ccccc1)C(=O)O. The number of thioether (sulfide) groups is 1. The Balaban J connectivity index is 1.94. The summed E-state index contributed by atoms with van der Waals surface area (Å²) in [4.78, 5) is 30.2. The predicted octanol–water partition coefficient (Wildman–Crippen LogP) is 5.80. The van der Waals surface area contributed by atoms with Crippen LogP contribution in [0.2, 0.25) is 0 Å². The van der Waals surface area contributed by atoms with Gasteiger partial charge in [0.15, 0.2) is 0 Å². The summed E-state index contributed by atoms with van der Waals surface area (Å²) in [6, 6.07) is 25.9. The van der Waals surface area contributed by atoms with E-state index in [1.165, 1.54) is 0 Å². The van der Waals surface area contributed by atoms with Crippen molar-refractivity contribution < 1.29 is 14.7 Å². The Morgan fingerprint density at radius 3 is 2.16 bits per heavy atom. The standard InChI is InChI=1S/C30H35N3O3S/c1-21(22-13-7-5-8-14-22)33-30(2,3)29(36)32-25-18-12-11-17-24(25)27(23-15-9-6-10-16-23)31-26(28(34)35)19-20-37-4/h5-18,21,26,33H,19-20H2,1-4H3,(H,32,36)(H,34,35)/t21-,26+/m0/s1. The summed E-state index contributed by atoms with van der Waals surface area (Å²) in [5.74, 6) is -0.489. The summed E-state index contributed by atoms with van der Waals surface area (Å²) >= 11 is 1.59. The summed E-state index contributed by atoms with van der Waals surface area (Å²) in [7, 11) is 0. The van der Waals surface area contributed by atoms with Gasteiger partial charge in [-0.25, -0.2) is 4.79 Å². The van der Waals surface area contributed by atoms with Gasteiger partial charge in [-0.3, -0.25) is 15.1 Å². The summed E-state index contributed by atoms with van der Waals surface area (Å²) in [5, 5.41) is 16.3. The largest absolute Gasteiger partial charge is 0.480 e. The smallest absolute Gasteiger partial charge is 0.328 e. The van der Waals surface area contributed by atoms with Gasteiger partial charge in [0, 0.05) is 17.2 Å². The highest BCUT2D eigenvalue weighted by molar-refractivity contribution is 7.98. The van der Waals surface area contributed by atoms with Crippen molar-refractivity contribution in [2.45, 2.75) is 44.8 Å². The predicted molar refractivity (Wildman–Crippen MR) is 154 cm³/mol. The van der Waals surface area contributed by atoms with Crippen LogP contribution in [0, 0.1) is 0 Å². The highest BCUT2D eigenvalue weighted by Gasteiger charge is 2.30. The highest BCUT2D eigenvalue weighted by Crippen LogP contribution is 2.24. The molecule has 0 unspecified atom stereocenters. The van der Waals surface area contributed by atoms with Crippen LogP contribution in [0.4, 0.5) is 5.69 Å². The molecule has 37 heavy (non-hydrogen) atoms. The molecule has 0 saturated heterocycles. The lowest BCUT2D eigenvalue weighted by molar-refractivity contribution is -0.138. The molecule has 0 spiro atoms. The molecular weight excluding hydrogens is 482 g/mol. The minimum absolute atomic E-state index is 0.0357. The molecule has 0 heterocycles. The average Bonchev–Trinajstić information content (AvgIpc) is 2.90. The number of benzene rings is 3. The quantitative estimate of drug-likeness (QED) is 0.264. The molecule has 0 saturated carbocycles. The number of hydrogen-bond donors (Lipinski definition) is 3.